The van der Waals surface area contributed by atoms with E-state index in [2.05, 4.69) is 79.1 Å². The second kappa shape index (κ2) is 9.85. The Morgan fingerprint density at radius 1 is 0.957 bits per heavy atom. The van der Waals surface area contributed by atoms with Crippen LogP contribution in [-0.2, 0) is 26.9 Å². The van der Waals surface area contributed by atoms with Crippen molar-refractivity contribution in [3.8, 4) is 0 Å². The largest absolute Gasteiger partial charge is 1.00 e. The van der Waals surface area contributed by atoms with Gasteiger partial charge in [-0.3, -0.25) is 0 Å². The second-order valence-electron chi connectivity index (χ2n) is 7.00. The first-order valence-corrected chi connectivity index (χ1v) is 11.7. The molecule has 23 heavy (non-hydrogen) atoms. The maximum Gasteiger partial charge on any atom is -1.00 e. The van der Waals surface area contributed by atoms with E-state index in [1.807, 2.05) is 0 Å². The average molecular weight is 424 g/mol. The minimum absolute atomic E-state index is 0. The molecule has 1 aromatic rings. The Kier molecular flexibility index (Phi) is 11.0. The van der Waals surface area contributed by atoms with Crippen molar-refractivity contribution in [2.75, 3.05) is 0 Å². The summed E-state index contributed by atoms with van der Waals surface area (Å²) in [6, 6.07) is 4.61. The van der Waals surface area contributed by atoms with Crippen molar-refractivity contribution in [2.45, 2.75) is 53.3 Å². The van der Waals surface area contributed by atoms with Gasteiger partial charge in [0.1, 0.15) is 0 Å². The number of rotatable bonds is 3. The first-order chi connectivity index (χ1) is 9.21. The molecule has 0 radical (unpaired) electrons. The number of allylic oxidation sites excluding steroid dienone is 4. The summed E-state index contributed by atoms with van der Waals surface area (Å²) in [5, 5.41) is 1.69. The molecule has 1 aromatic carbocycles. The van der Waals surface area contributed by atoms with Crippen molar-refractivity contribution in [1.29, 1.82) is 0 Å². The van der Waals surface area contributed by atoms with E-state index in [1.165, 1.54) is 28.7 Å². The van der Waals surface area contributed by atoms with Crippen LogP contribution in [-0.4, -0.2) is 8.07 Å². The van der Waals surface area contributed by atoms with Gasteiger partial charge >= 0.3 is 137 Å². The Labute approximate surface area is 173 Å². The summed E-state index contributed by atoms with van der Waals surface area (Å²) in [5.41, 5.74) is 7.48. The molecule has 0 spiro atoms. The van der Waals surface area contributed by atoms with E-state index in [0.29, 0.717) is 0 Å². The molecule has 1 aliphatic carbocycles. The summed E-state index contributed by atoms with van der Waals surface area (Å²) in [5.74, 6) is 0. The van der Waals surface area contributed by atoms with E-state index in [4.69, 9.17) is 0 Å². The standard InChI is InChI=1S/C18H25Si.3ClH.Ti/c1-13-10-11-16(15(3)14(13)2)12-17-8-7-9-18(17)19(4,5)6;;;;/h9-11H,7,12H2,1-6H3;3*1H;/q;;;;+3/p-3. The Morgan fingerprint density at radius 3 is 2.04 bits per heavy atom. The molecule has 126 valence electrons. The number of hydrogen-bond acceptors (Lipinski definition) is 0. The van der Waals surface area contributed by atoms with Gasteiger partial charge in [-0.1, -0.05) is 0 Å². The second-order valence-corrected chi connectivity index (χ2v) is 13.0. The zero-order chi connectivity index (χ0) is 15.1. The maximum atomic E-state index is 2.49. The smallest absolute Gasteiger partial charge is 1.00 e. The topological polar surface area (TPSA) is 0 Å². The molecule has 0 nitrogen and oxygen atoms in total. The van der Waals surface area contributed by atoms with Crippen molar-refractivity contribution in [3.05, 3.63) is 55.1 Å². The van der Waals surface area contributed by atoms with Crippen molar-refractivity contribution < 1.29 is 57.7 Å². The van der Waals surface area contributed by atoms with Crippen LogP contribution in [0.25, 0.3) is 0 Å². The molecule has 0 aliphatic heterocycles. The van der Waals surface area contributed by atoms with Crippen LogP contribution in [0.2, 0.25) is 19.6 Å². The van der Waals surface area contributed by atoms with Gasteiger partial charge in [0.25, 0.3) is 0 Å². The van der Waals surface area contributed by atoms with Crippen molar-refractivity contribution in [1.82, 2.24) is 0 Å². The van der Waals surface area contributed by atoms with Crippen LogP contribution < -0.4 is 37.2 Å². The van der Waals surface area contributed by atoms with E-state index in [-0.39, 0.29) is 37.2 Å². The van der Waals surface area contributed by atoms with E-state index in [1.54, 1.807) is 14.6 Å². The molecule has 0 heterocycles. The monoisotopic (exact) mass is 422 g/mol. The normalized spacial score (nSPS) is 13.8. The van der Waals surface area contributed by atoms with Crippen LogP contribution in [0, 0.1) is 20.8 Å². The molecule has 0 bridgehead atoms. The molecule has 2 rings (SSSR count). The van der Waals surface area contributed by atoms with Crippen molar-refractivity contribution >= 4 is 8.07 Å². The van der Waals surface area contributed by atoms with Crippen molar-refractivity contribution in [2.24, 2.45) is 0 Å². The molecule has 0 amide bonds. The molecule has 0 atom stereocenters. The predicted molar refractivity (Wildman–Crippen MR) is 87.4 cm³/mol. The average Bonchev–Trinajstić information content (AvgIpc) is 2.71. The Bertz CT molecular complexity index is 613. The fourth-order valence-electron chi connectivity index (χ4n) is 2.97. The summed E-state index contributed by atoms with van der Waals surface area (Å²) >= 11 is 2.31. The predicted octanol–water partition coefficient (Wildman–Crippen LogP) is -3.83. The molecule has 5 heteroatoms. The minimum atomic E-state index is -1.22. The van der Waals surface area contributed by atoms with Crippen LogP contribution in [0.4, 0.5) is 0 Å². The van der Waals surface area contributed by atoms with Gasteiger partial charge in [0.05, 0.1) is 0 Å². The summed E-state index contributed by atoms with van der Waals surface area (Å²) in [6.45, 7) is 14.1. The third kappa shape index (κ3) is 5.77. The van der Waals surface area contributed by atoms with Crippen LogP contribution >= 0.6 is 0 Å². The van der Waals surface area contributed by atoms with Crippen LogP contribution in [0.1, 0.15) is 28.7 Å². The molecular formula is C18H25Cl3SiTi. The molecule has 0 fully saturated rings. The van der Waals surface area contributed by atoms with Gasteiger partial charge in [0, 0.05) is 0 Å². The summed E-state index contributed by atoms with van der Waals surface area (Å²) in [7, 11) is -1.22. The van der Waals surface area contributed by atoms with E-state index in [0.717, 1.165) is 6.42 Å². The number of halogens is 3. The fraction of sp³-hybridized carbons (Fsp3) is 0.444. The first-order valence-electron chi connectivity index (χ1n) is 7.42. The van der Waals surface area contributed by atoms with Gasteiger partial charge in [-0.25, -0.2) is 0 Å². The van der Waals surface area contributed by atoms with E-state index in [9.17, 15) is 0 Å². The SMILES string of the molecule is Cc1ccc(CC2=[C]([Ti+3])CC=C2[Si](C)(C)C)c(C)c1C.[Cl-].[Cl-].[Cl-]. The Hall–Kier alpha value is 0.501. The Morgan fingerprint density at radius 2 is 1.52 bits per heavy atom. The van der Waals surface area contributed by atoms with E-state index < -0.39 is 8.07 Å². The minimum Gasteiger partial charge on any atom is -1.00 e. The van der Waals surface area contributed by atoms with Crippen LogP contribution in [0.5, 0.6) is 0 Å². The summed E-state index contributed by atoms with van der Waals surface area (Å²) in [4.78, 5) is 0. The van der Waals surface area contributed by atoms with E-state index >= 15 is 0 Å². The number of benzene rings is 1. The van der Waals surface area contributed by atoms with Crippen molar-refractivity contribution in [3.63, 3.8) is 0 Å². The zero-order valence-corrected chi connectivity index (χ0v) is 19.6. The summed E-state index contributed by atoms with van der Waals surface area (Å²) < 4.78 is 1.58. The van der Waals surface area contributed by atoms with Gasteiger partial charge in [-0.15, -0.1) is 0 Å². The van der Waals surface area contributed by atoms with Crippen LogP contribution in [0.15, 0.2) is 32.9 Å². The zero-order valence-electron chi connectivity index (χ0n) is 14.8. The molecule has 0 saturated carbocycles. The molecule has 0 aromatic heterocycles. The van der Waals surface area contributed by atoms with Gasteiger partial charge in [0.15, 0.2) is 0 Å². The molecular weight excluding hydrogens is 399 g/mol. The first kappa shape index (κ1) is 25.7. The van der Waals surface area contributed by atoms with Gasteiger partial charge in [-0.05, 0) is 0 Å². The quantitative estimate of drug-likeness (QED) is 0.437. The number of hydrogen-bond donors (Lipinski definition) is 0. The summed E-state index contributed by atoms with van der Waals surface area (Å²) in [6.07, 6.45) is 4.78. The molecule has 1 aliphatic rings. The third-order valence-electron chi connectivity index (χ3n) is 4.55. The maximum absolute atomic E-state index is 2.49. The molecule has 0 saturated heterocycles. The van der Waals surface area contributed by atoms with Gasteiger partial charge in [-0.2, -0.15) is 0 Å². The fourth-order valence-corrected chi connectivity index (χ4v) is 5.53. The molecule has 0 unspecified atom stereocenters. The third-order valence-corrected chi connectivity index (χ3v) is 7.46. The van der Waals surface area contributed by atoms with Gasteiger partial charge < -0.3 is 37.2 Å². The Balaban J connectivity index is 0. The number of aryl methyl sites for hydroxylation is 1. The van der Waals surface area contributed by atoms with Gasteiger partial charge in [0.2, 0.25) is 0 Å². The van der Waals surface area contributed by atoms with Crippen LogP contribution in [0.3, 0.4) is 0 Å². The molecule has 0 N–H and O–H groups in total.